The lowest BCUT2D eigenvalue weighted by Crippen LogP contribution is -2.39. The summed E-state index contributed by atoms with van der Waals surface area (Å²) < 4.78 is 27.5. The van der Waals surface area contributed by atoms with Gasteiger partial charge in [0, 0.05) is 37.7 Å². The molecule has 0 spiro atoms. The van der Waals surface area contributed by atoms with Crippen LogP contribution in [-0.4, -0.2) is 61.2 Å². The molecule has 142 valence electrons. The molecule has 0 saturated carbocycles. The summed E-state index contributed by atoms with van der Waals surface area (Å²) in [5.41, 5.74) is 0. The lowest BCUT2D eigenvalue weighted by Gasteiger charge is -2.27. The Labute approximate surface area is 159 Å². The van der Waals surface area contributed by atoms with Crippen molar-refractivity contribution in [3.8, 4) is 0 Å². The molecule has 0 aliphatic carbocycles. The molecule has 2 rings (SSSR count). The second-order valence-corrected chi connectivity index (χ2v) is 10.2. The summed E-state index contributed by atoms with van der Waals surface area (Å²) in [7, 11) is -3.59. The van der Waals surface area contributed by atoms with Gasteiger partial charge in [-0.3, -0.25) is 4.79 Å². The summed E-state index contributed by atoms with van der Waals surface area (Å²) in [5.74, 6) is 1.91. The topological polar surface area (TPSA) is 57.7 Å². The van der Waals surface area contributed by atoms with Gasteiger partial charge >= 0.3 is 0 Å². The van der Waals surface area contributed by atoms with Gasteiger partial charge in [-0.05, 0) is 24.3 Å². The van der Waals surface area contributed by atoms with Crippen LogP contribution >= 0.6 is 23.1 Å². The van der Waals surface area contributed by atoms with E-state index in [-0.39, 0.29) is 10.8 Å². The molecule has 0 aromatic carbocycles. The monoisotopic (exact) mass is 404 g/mol. The smallest absolute Gasteiger partial charge is 0.265 e. The van der Waals surface area contributed by atoms with Crippen LogP contribution in [0.2, 0.25) is 0 Å². The first-order valence-electron chi connectivity index (χ1n) is 8.90. The highest BCUT2D eigenvalue weighted by Gasteiger charge is 2.32. The number of hydrogen-bond acceptors (Lipinski definition) is 5. The van der Waals surface area contributed by atoms with Crippen molar-refractivity contribution in [3.05, 3.63) is 16.3 Å². The quantitative estimate of drug-likeness (QED) is 0.666. The third-order valence-electron chi connectivity index (χ3n) is 4.71. The third kappa shape index (κ3) is 4.78. The second kappa shape index (κ2) is 9.39. The van der Waals surface area contributed by atoms with E-state index in [4.69, 9.17) is 0 Å². The number of thiophene rings is 1. The van der Waals surface area contributed by atoms with Crippen LogP contribution < -0.4 is 0 Å². The Morgan fingerprint density at radius 2 is 1.88 bits per heavy atom. The van der Waals surface area contributed by atoms with Crippen molar-refractivity contribution in [2.24, 2.45) is 5.92 Å². The maximum atomic E-state index is 13.0. The summed E-state index contributed by atoms with van der Waals surface area (Å²) in [6, 6.07) is 1.58. The minimum Gasteiger partial charge on any atom is -0.338 e. The number of sulfonamides is 1. The van der Waals surface area contributed by atoms with Gasteiger partial charge in [-0.1, -0.05) is 26.7 Å². The molecule has 1 amide bonds. The zero-order valence-corrected chi connectivity index (χ0v) is 17.7. The first-order valence-corrected chi connectivity index (χ1v) is 12.4. The highest BCUT2D eigenvalue weighted by Crippen LogP contribution is 2.28. The fraction of sp³-hybridized carbons (Fsp3) is 0.706. The first kappa shape index (κ1) is 20.7. The van der Waals surface area contributed by atoms with Gasteiger partial charge in [0.1, 0.15) is 9.77 Å². The molecule has 1 aromatic rings. The summed E-state index contributed by atoms with van der Waals surface area (Å²) in [6.07, 6.45) is 2.03. The molecule has 0 unspecified atom stereocenters. The lowest BCUT2D eigenvalue weighted by molar-refractivity contribution is 0.0736. The molecule has 0 bridgehead atoms. The van der Waals surface area contributed by atoms with Gasteiger partial charge in [-0.2, -0.15) is 16.1 Å². The highest BCUT2D eigenvalue weighted by molar-refractivity contribution is 7.99. The second-order valence-electron chi connectivity index (χ2n) is 6.16. The van der Waals surface area contributed by atoms with Crippen LogP contribution in [-0.2, 0) is 10.0 Å². The summed E-state index contributed by atoms with van der Waals surface area (Å²) in [4.78, 5) is 15.3. The van der Waals surface area contributed by atoms with Gasteiger partial charge in [0.15, 0.2) is 0 Å². The van der Waals surface area contributed by atoms with Crippen LogP contribution in [0.5, 0.6) is 0 Å². The van der Waals surface area contributed by atoms with Crippen molar-refractivity contribution in [2.45, 2.75) is 38.5 Å². The summed E-state index contributed by atoms with van der Waals surface area (Å²) >= 11 is 3.00. The van der Waals surface area contributed by atoms with E-state index in [9.17, 15) is 13.2 Å². The van der Waals surface area contributed by atoms with Gasteiger partial charge in [0.2, 0.25) is 10.0 Å². The van der Waals surface area contributed by atoms with Crippen LogP contribution in [0.3, 0.4) is 0 Å². The molecule has 1 aliphatic rings. The molecule has 25 heavy (non-hydrogen) atoms. The van der Waals surface area contributed by atoms with Crippen molar-refractivity contribution in [1.82, 2.24) is 9.21 Å². The van der Waals surface area contributed by atoms with Crippen LogP contribution in [0, 0.1) is 5.92 Å². The van der Waals surface area contributed by atoms with E-state index >= 15 is 0 Å². The molecule has 2 heterocycles. The molecule has 8 heteroatoms. The third-order valence-corrected chi connectivity index (χ3v) is 8.63. The largest absolute Gasteiger partial charge is 0.338 e. The van der Waals surface area contributed by atoms with E-state index in [2.05, 4.69) is 13.8 Å². The SMILES string of the molecule is CCC(CC)CN(CC)C(=O)c1sccc1S(=O)(=O)N1CCSCC1. The van der Waals surface area contributed by atoms with Crippen LogP contribution in [0.15, 0.2) is 16.3 Å². The molecule has 0 atom stereocenters. The van der Waals surface area contributed by atoms with Crippen LogP contribution in [0.4, 0.5) is 0 Å². The van der Waals surface area contributed by atoms with E-state index in [0.717, 1.165) is 24.3 Å². The summed E-state index contributed by atoms with van der Waals surface area (Å²) in [6.45, 7) is 8.50. The number of amides is 1. The average Bonchev–Trinajstić information content (AvgIpc) is 3.14. The van der Waals surface area contributed by atoms with Gasteiger partial charge in [-0.15, -0.1) is 11.3 Å². The molecule has 1 fully saturated rings. The number of nitrogens with zero attached hydrogens (tertiary/aromatic N) is 2. The lowest BCUT2D eigenvalue weighted by atomic mass is 10.0. The molecule has 5 nitrogen and oxygen atoms in total. The Hall–Kier alpha value is -0.570. The van der Waals surface area contributed by atoms with E-state index in [1.165, 1.54) is 15.6 Å². The fourth-order valence-electron chi connectivity index (χ4n) is 2.94. The average molecular weight is 405 g/mol. The maximum Gasteiger partial charge on any atom is 0.265 e. The van der Waals surface area contributed by atoms with Crippen molar-refractivity contribution >= 4 is 39.0 Å². The molecule has 1 aromatic heterocycles. The number of carbonyl (C=O) groups excluding carboxylic acids is 1. The maximum absolute atomic E-state index is 13.0. The Bertz CT molecular complexity index is 662. The number of rotatable bonds is 8. The van der Waals surface area contributed by atoms with Gasteiger partial charge in [0.05, 0.1) is 0 Å². The van der Waals surface area contributed by atoms with Crippen molar-refractivity contribution in [1.29, 1.82) is 0 Å². The molecule has 0 radical (unpaired) electrons. The first-order chi connectivity index (χ1) is 12.0. The fourth-order valence-corrected chi connectivity index (χ4v) is 6.88. The van der Waals surface area contributed by atoms with Crippen molar-refractivity contribution in [2.75, 3.05) is 37.7 Å². The van der Waals surface area contributed by atoms with E-state index in [0.29, 0.717) is 37.0 Å². The normalized spacial score (nSPS) is 16.3. The van der Waals surface area contributed by atoms with Crippen LogP contribution in [0.25, 0.3) is 0 Å². The van der Waals surface area contributed by atoms with E-state index < -0.39 is 10.0 Å². The number of carbonyl (C=O) groups is 1. The molecular formula is C17H28N2O3S3. The van der Waals surface area contributed by atoms with Crippen LogP contribution in [0.1, 0.15) is 43.3 Å². The minimum atomic E-state index is -3.59. The van der Waals surface area contributed by atoms with Crippen molar-refractivity contribution in [3.63, 3.8) is 0 Å². The van der Waals surface area contributed by atoms with Gasteiger partial charge in [0.25, 0.3) is 5.91 Å². The predicted molar refractivity (Wildman–Crippen MR) is 106 cm³/mol. The van der Waals surface area contributed by atoms with Gasteiger partial charge < -0.3 is 4.90 Å². The zero-order chi connectivity index (χ0) is 18.4. The standard InChI is InChI=1S/C17H28N2O3S3/c1-4-14(5-2)13-18(6-3)17(20)16-15(7-10-24-16)25(21,22)19-8-11-23-12-9-19/h7,10,14H,4-6,8-9,11-13H2,1-3H3. The van der Waals surface area contributed by atoms with Gasteiger partial charge in [-0.25, -0.2) is 8.42 Å². The molecule has 1 saturated heterocycles. The zero-order valence-electron chi connectivity index (χ0n) is 15.2. The highest BCUT2D eigenvalue weighted by atomic mass is 32.2. The summed E-state index contributed by atoms with van der Waals surface area (Å²) in [5, 5.41) is 1.71. The Balaban J connectivity index is 2.25. The molecule has 0 N–H and O–H groups in total. The molecular weight excluding hydrogens is 376 g/mol. The molecule has 1 aliphatic heterocycles. The Morgan fingerprint density at radius 1 is 1.24 bits per heavy atom. The minimum absolute atomic E-state index is 0.158. The number of hydrogen-bond donors (Lipinski definition) is 0. The van der Waals surface area contributed by atoms with Crippen molar-refractivity contribution < 1.29 is 13.2 Å². The number of thioether (sulfide) groups is 1. The predicted octanol–water partition coefficient (Wildman–Crippen LogP) is 3.38. The Kier molecular flexibility index (Phi) is 7.79. The van der Waals surface area contributed by atoms with E-state index in [1.807, 2.05) is 6.92 Å². The van der Waals surface area contributed by atoms with E-state index in [1.54, 1.807) is 28.1 Å². The Morgan fingerprint density at radius 3 is 2.44 bits per heavy atom.